The van der Waals surface area contributed by atoms with Gasteiger partial charge >= 0.3 is 0 Å². The second-order valence-electron chi connectivity index (χ2n) is 5.24. The number of hydrogen-bond acceptors (Lipinski definition) is 2. The van der Waals surface area contributed by atoms with Crippen molar-refractivity contribution in [1.29, 1.82) is 0 Å². The maximum Gasteiger partial charge on any atom is 0.0611 e. The molecule has 0 aromatic carbocycles. The summed E-state index contributed by atoms with van der Waals surface area (Å²) in [6.07, 6.45) is 11.3. The molecule has 0 aliphatic heterocycles. The Labute approximate surface area is 129 Å². The highest BCUT2D eigenvalue weighted by molar-refractivity contribution is 7.61. The Morgan fingerprint density at radius 2 is 1.20 bits per heavy atom. The lowest BCUT2D eigenvalue weighted by Crippen LogP contribution is -2.09. The van der Waals surface area contributed by atoms with Crippen molar-refractivity contribution in [3.05, 3.63) is 0 Å². The van der Waals surface area contributed by atoms with Crippen LogP contribution in [0, 0.1) is 0 Å². The van der Waals surface area contributed by atoms with Crippen LogP contribution in [-0.4, -0.2) is 63.4 Å². The van der Waals surface area contributed by atoms with E-state index in [1.165, 1.54) is 49.8 Å². The van der Waals surface area contributed by atoms with Gasteiger partial charge in [-0.3, -0.25) is 0 Å². The van der Waals surface area contributed by atoms with Crippen molar-refractivity contribution in [2.45, 2.75) is 40.5 Å². The second kappa shape index (κ2) is 16.2. The van der Waals surface area contributed by atoms with Crippen LogP contribution < -0.4 is 0 Å². The second-order valence-corrected chi connectivity index (χ2v) is 10.9. The van der Waals surface area contributed by atoms with E-state index in [1.54, 1.807) is 0 Å². The molecule has 0 saturated heterocycles. The van der Waals surface area contributed by atoms with E-state index < -0.39 is 0 Å². The van der Waals surface area contributed by atoms with Gasteiger partial charge in [-0.15, -0.1) is 0 Å². The van der Waals surface area contributed by atoms with Crippen LogP contribution in [0.3, 0.4) is 0 Å². The van der Waals surface area contributed by atoms with Gasteiger partial charge in [-0.25, -0.2) is 0 Å². The molecule has 0 aliphatic carbocycles. The standard InChI is InChI=1S/C16H36O2P2/c1-5-11-19(12-6-2)15-16-20(13-9-17-7-3)14-10-18-8-4/h5-16H2,1-4H3/p+1. The third-order valence-corrected chi connectivity index (χ3v) is 9.78. The Morgan fingerprint density at radius 3 is 1.60 bits per heavy atom. The number of ether oxygens (including phenoxy) is 2. The van der Waals surface area contributed by atoms with Crippen molar-refractivity contribution in [1.82, 2.24) is 0 Å². The van der Waals surface area contributed by atoms with Crippen molar-refractivity contribution < 1.29 is 9.47 Å². The van der Waals surface area contributed by atoms with Gasteiger partial charge in [0.05, 0.1) is 31.7 Å². The molecule has 0 N–H and O–H groups in total. The summed E-state index contributed by atoms with van der Waals surface area (Å²) < 4.78 is 11.1. The Hall–Kier alpha value is 0.780. The van der Waals surface area contributed by atoms with Crippen LogP contribution in [0.15, 0.2) is 0 Å². The molecule has 0 rings (SSSR count). The maximum atomic E-state index is 5.56. The lowest BCUT2D eigenvalue weighted by molar-refractivity contribution is 0.160. The van der Waals surface area contributed by atoms with Gasteiger partial charge in [-0.1, -0.05) is 21.8 Å². The molecule has 0 atom stereocenters. The molecule has 122 valence electrons. The highest BCUT2D eigenvalue weighted by Gasteiger charge is 2.17. The Bertz CT molecular complexity index is 175. The van der Waals surface area contributed by atoms with E-state index in [4.69, 9.17) is 9.47 Å². The summed E-state index contributed by atoms with van der Waals surface area (Å²) in [6.45, 7) is 12.5. The zero-order valence-electron chi connectivity index (χ0n) is 14.2. The van der Waals surface area contributed by atoms with Gasteiger partial charge in [-0.2, -0.15) is 0 Å². The van der Waals surface area contributed by atoms with Crippen LogP contribution in [0.5, 0.6) is 0 Å². The highest BCUT2D eigenvalue weighted by atomic mass is 31.1. The lowest BCUT2D eigenvalue weighted by Gasteiger charge is -2.18. The minimum absolute atomic E-state index is 0.0668. The minimum atomic E-state index is -0.0668. The molecule has 20 heavy (non-hydrogen) atoms. The third-order valence-electron chi connectivity index (χ3n) is 3.50. The summed E-state index contributed by atoms with van der Waals surface area (Å²) in [5, 5.41) is 0. The molecule has 2 nitrogen and oxygen atoms in total. The van der Waals surface area contributed by atoms with Gasteiger partial charge in [0.2, 0.25) is 0 Å². The van der Waals surface area contributed by atoms with Gasteiger partial charge in [0.1, 0.15) is 0 Å². The first kappa shape index (κ1) is 20.8. The molecule has 0 aliphatic rings. The molecule has 0 aromatic heterocycles. The maximum absolute atomic E-state index is 5.56. The van der Waals surface area contributed by atoms with Crippen molar-refractivity contribution in [3.63, 3.8) is 0 Å². The van der Waals surface area contributed by atoms with Gasteiger partial charge in [0.15, 0.2) is 0 Å². The smallest absolute Gasteiger partial charge is 0.0611 e. The minimum Gasteiger partial charge on any atom is -0.381 e. The first-order valence-electron chi connectivity index (χ1n) is 8.49. The van der Waals surface area contributed by atoms with Gasteiger partial charge in [-0.05, 0) is 39.0 Å². The first-order chi connectivity index (χ1) is 9.78. The predicted molar refractivity (Wildman–Crippen MR) is 98.0 cm³/mol. The van der Waals surface area contributed by atoms with Crippen molar-refractivity contribution in [3.8, 4) is 0 Å². The largest absolute Gasteiger partial charge is 0.381 e. The van der Waals surface area contributed by atoms with Crippen molar-refractivity contribution in [2.24, 2.45) is 0 Å². The van der Waals surface area contributed by atoms with E-state index in [9.17, 15) is 0 Å². The van der Waals surface area contributed by atoms with E-state index >= 15 is 0 Å². The van der Waals surface area contributed by atoms with E-state index in [0.717, 1.165) is 26.4 Å². The van der Waals surface area contributed by atoms with Crippen LogP contribution in [-0.2, 0) is 9.47 Å². The highest BCUT2D eigenvalue weighted by Crippen LogP contribution is 2.43. The summed E-state index contributed by atoms with van der Waals surface area (Å²) in [5.41, 5.74) is 0. The normalized spacial score (nSPS) is 11.7. The topological polar surface area (TPSA) is 18.5 Å². The van der Waals surface area contributed by atoms with E-state index in [1.807, 2.05) is 0 Å². The molecule has 0 aromatic rings. The molecule has 4 heteroatoms. The molecule has 0 spiro atoms. The molecule has 0 fully saturated rings. The van der Waals surface area contributed by atoms with Crippen LogP contribution in [0.4, 0.5) is 0 Å². The van der Waals surface area contributed by atoms with Crippen LogP contribution >= 0.6 is 15.8 Å². The Morgan fingerprint density at radius 1 is 0.700 bits per heavy atom. The zero-order valence-corrected chi connectivity index (χ0v) is 16.1. The summed E-state index contributed by atoms with van der Waals surface area (Å²) >= 11 is 0. The average molecular weight is 323 g/mol. The monoisotopic (exact) mass is 323 g/mol. The number of rotatable bonds is 15. The Kier molecular flexibility index (Phi) is 16.8. The van der Waals surface area contributed by atoms with E-state index in [2.05, 4.69) is 27.7 Å². The quantitative estimate of drug-likeness (QED) is 0.324. The summed E-state index contributed by atoms with van der Waals surface area (Å²) in [5.74, 6) is 0. The zero-order chi connectivity index (χ0) is 15.1. The molecular weight excluding hydrogens is 286 g/mol. The molecular formula is C16H37O2P2+. The third kappa shape index (κ3) is 12.5. The molecule has 0 amide bonds. The van der Waals surface area contributed by atoms with Crippen molar-refractivity contribution in [2.75, 3.05) is 63.4 Å². The predicted octanol–water partition coefficient (Wildman–Crippen LogP) is 4.58. The molecule has 0 radical (unpaired) electrons. The fourth-order valence-corrected chi connectivity index (χ4v) is 8.55. The van der Waals surface area contributed by atoms with Crippen LogP contribution in [0.1, 0.15) is 40.5 Å². The van der Waals surface area contributed by atoms with Gasteiger partial charge in [0, 0.05) is 27.3 Å². The van der Waals surface area contributed by atoms with E-state index in [0.29, 0.717) is 0 Å². The van der Waals surface area contributed by atoms with Gasteiger partial charge in [0.25, 0.3) is 0 Å². The van der Waals surface area contributed by atoms with Crippen LogP contribution in [0.25, 0.3) is 0 Å². The SMILES string of the molecule is CCC[PH+](CCC)CCP(CCOCC)CCOCC. The number of hydrogen-bond donors (Lipinski definition) is 0. The first-order valence-corrected chi connectivity index (χ1v) is 12.5. The van der Waals surface area contributed by atoms with E-state index in [-0.39, 0.29) is 15.8 Å². The fraction of sp³-hybridized carbons (Fsp3) is 1.00. The average Bonchev–Trinajstić information content (AvgIpc) is 2.45. The van der Waals surface area contributed by atoms with Crippen LogP contribution in [0.2, 0.25) is 0 Å². The Balaban J connectivity index is 4.01. The summed E-state index contributed by atoms with van der Waals surface area (Å²) in [7, 11) is 0.0708. The van der Waals surface area contributed by atoms with Gasteiger partial charge < -0.3 is 9.47 Å². The summed E-state index contributed by atoms with van der Waals surface area (Å²) in [6, 6.07) is 0. The molecule has 0 bridgehead atoms. The lowest BCUT2D eigenvalue weighted by atomic mass is 10.6. The molecule has 0 saturated carbocycles. The summed E-state index contributed by atoms with van der Waals surface area (Å²) in [4.78, 5) is 0. The molecule has 0 heterocycles. The van der Waals surface area contributed by atoms with Crippen molar-refractivity contribution >= 4 is 15.8 Å². The molecule has 0 unspecified atom stereocenters. The fourth-order valence-electron chi connectivity index (χ4n) is 2.41.